The molecule has 2 nitrogen and oxygen atoms in total. The van der Waals surface area contributed by atoms with Crippen molar-refractivity contribution < 1.29 is 8.85 Å². The predicted octanol–water partition coefficient (Wildman–Crippen LogP) is 7.04. The van der Waals surface area contributed by atoms with Gasteiger partial charge in [-0.25, -0.2) is 0 Å². The molecule has 0 N–H and O–H groups in total. The Bertz CT molecular complexity index is 1190. The van der Waals surface area contributed by atoms with Crippen LogP contribution in [0.25, 0.3) is 21.5 Å². The molecule has 0 fully saturated rings. The molecule has 5 rings (SSSR count). The van der Waals surface area contributed by atoms with Crippen molar-refractivity contribution in [2.75, 3.05) is 14.2 Å². The van der Waals surface area contributed by atoms with Crippen molar-refractivity contribution in [2.45, 2.75) is 0 Å². The quantitative estimate of drug-likeness (QED) is 0.296. The Labute approximate surface area is 196 Å². The van der Waals surface area contributed by atoms with Gasteiger partial charge in [0.25, 0.3) is 0 Å². The number of rotatable bonds is 6. The average molecular weight is 447 g/mol. The standard InChI is InChI=1S/C30H26O2Si/c1-31-33(32-2)29(25-19-11-5-12-20-25)27(23-15-7-3-8-16-23)28(24-17-9-4-10-18-24)30(33)26-21-13-6-14-22-26/h3-22H,1-2H3. The molecule has 0 spiro atoms. The van der Waals surface area contributed by atoms with E-state index in [1.54, 1.807) is 14.2 Å². The van der Waals surface area contributed by atoms with Gasteiger partial charge in [0.05, 0.1) is 0 Å². The monoisotopic (exact) mass is 446 g/mol. The van der Waals surface area contributed by atoms with Crippen LogP contribution in [0.1, 0.15) is 22.3 Å². The zero-order valence-corrected chi connectivity index (χ0v) is 19.9. The lowest BCUT2D eigenvalue weighted by Gasteiger charge is -2.30. The first-order chi connectivity index (χ1) is 16.3. The van der Waals surface area contributed by atoms with Crippen molar-refractivity contribution >= 4 is 30.1 Å². The van der Waals surface area contributed by atoms with E-state index in [-0.39, 0.29) is 0 Å². The molecular formula is C30H26O2Si. The Morgan fingerprint density at radius 2 is 0.667 bits per heavy atom. The lowest BCUT2D eigenvalue weighted by molar-refractivity contribution is 0.276. The molecule has 0 radical (unpaired) electrons. The fraction of sp³-hybridized carbons (Fsp3) is 0.0667. The molecule has 1 aliphatic rings. The van der Waals surface area contributed by atoms with Crippen LogP contribution in [0.5, 0.6) is 0 Å². The highest BCUT2D eigenvalue weighted by molar-refractivity contribution is 7.06. The first-order valence-corrected chi connectivity index (χ1v) is 12.9. The Balaban J connectivity index is 1.97. The fourth-order valence-electron chi connectivity index (χ4n) is 4.86. The molecule has 3 heteroatoms. The van der Waals surface area contributed by atoms with E-state index in [1.807, 2.05) is 12.1 Å². The van der Waals surface area contributed by atoms with Crippen LogP contribution in [0.4, 0.5) is 0 Å². The summed E-state index contributed by atoms with van der Waals surface area (Å²) in [6.07, 6.45) is 0. The fourth-order valence-corrected chi connectivity index (χ4v) is 8.38. The Hall–Kier alpha value is -3.50. The molecule has 0 aromatic heterocycles. The van der Waals surface area contributed by atoms with Crippen molar-refractivity contribution in [3.63, 3.8) is 0 Å². The van der Waals surface area contributed by atoms with Crippen LogP contribution in [0.15, 0.2) is 121 Å². The summed E-state index contributed by atoms with van der Waals surface area (Å²) < 4.78 is 13.0. The molecular weight excluding hydrogens is 420 g/mol. The largest absolute Gasteiger partial charge is 0.409 e. The minimum atomic E-state index is -3.05. The van der Waals surface area contributed by atoms with E-state index in [9.17, 15) is 0 Å². The van der Waals surface area contributed by atoms with Gasteiger partial charge in [0.1, 0.15) is 0 Å². The molecule has 4 aromatic carbocycles. The second kappa shape index (κ2) is 9.16. The highest BCUT2D eigenvalue weighted by Gasteiger charge is 2.54. The topological polar surface area (TPSA) is 18.5 Å². The molecule has 0 amide bonds. The molecule has 0 bridgehead atoms. The number of hydrogen-bond acceptors (Lipinski definition) is 2. The minimum Gasteiger partial charge on any atom is -0.391 e. The van der Waals surface area contributed by atoms with Crippen LogP contribution in [-0.4, -0.2) is 22.8 Å². The molecule has 33 heavy (non-hydrogen) atoms. The third kappa shape index (κ3) is 3.61. The second-order valence-electron chi connectivity index (χ2n) is 7.99. The van der Waals surface area contributed by atoms with Crippen LogP contribution in [0.3, 0.4) is 0 Å². The van der Waals surface area contributed by atoms with Crippen molar-refractivity contribution in [3.05, 3.63) is 144 Å². The molecule has 1 heterocycles. The smallest absolute Gasteiger partial charge is 0.391 e. The summed E-state index contributed by atoms with van der Waals surface area (Å²) in [5.74, 6) is 0. The summed E-state index contributed by atoms with van der Waals surface area (Å²) in [6.45, 7) is 0. The molecule has 0 atom stereocenters. The zero-order valence-electron chi connectivity index (χ0n) is 18.9. The summed E-state index contributed by atoms with van der Waals surface area (Å²) in [4.78, 5) is 0. The molecule has 0 unspecified atom stereocenters. The zero-order chi connectivity index (χ0) is 22.7. The summed E-state index contributed by atoms with van der Waals surface area (Å²) >= 11 is 0. The van der Waals surface area contributed by atoms with Crippen LogP contribution >= 0.6 is 0 Å². The maximum absolute atomic E-state index is 6.49. The highest BCUT2D eigenvalue weighted by Crippen LogP contribution is 2.55. The highest BCUT2D eigenvalue weighted by atomic mass is 28.4. The van der Waals surface area contributed by atoms with E-state index >= 15 is 0 Å². The van der Waals surface area contributed by atoms with Gasteiger partial charge in [-0.3, -0.25) is 0 Å². The van der Waals surface area contributed by atoms with E-state index in [4.69, 9.17) is 8.85 Å². The summed E-state index contributed by atoms with van der Waals surface area (Å²) in [5, 5.41) is 2.30. The van der Waals surface area contributed by atoms with Gasteiger partial charge < -0.3 is 8.85 Å². The van der Waals surface area contributed by atoms with E-state index in [0.717, 1.165) is 32.6 Å². The lowest BCUT2D eigenvalue weighted by atomic mass is 9.89. The Kier molecular flexibility index (Phi) is 5.93. The van der Waals surface area contributed by atoms with E-state index in [1.165, 1.54) is 11.1 Å². The van der Waals surface area contributed by atoms with Gasteiger partial charge in [0, 0.05) is 24.6 Å². The van der Waals surface area contributed by atoms with E-state index < -0.39 is 8.56 Å². The van der Waals surface area contributed by atoms with Gasteiger partial charge >= 0.3 is 8.56 Å². The van der Waals surface area contributed by atoms with Crippen molar-refractivity contribution in [2.24, 2.45) is 0 Å². The van der Waals surface area contributed by atoms with Gasteiger partial charge in [-0.1, -0.05) is 121 Å². The minimum absolute atomic E-state index is 1.13. The first-order valence-electron chi connectivity index (χ1n) is 11.1. The van der Waals surface area contributed by atoms with Gasteiger partial charge in [-0.05, 0) is 33.4 Å². The molecule has 4 aromatic rings. The maximum atomic E-state index is 6.49. The number of hydrogen-bond donors (Lipinski definition) is 0. The van der Waals surface area contributed by atoms with Gasteiger partial charge in [-0.2, -0.15) is 0 Å². The van der Waals surface area contributed by atoms with Crippen LogP contribution < -0.4 is 0 Å². The predicted molar refractivity (Wildman–Crippen MR) is 139 cm³/mol. The van der Waals surface area contributed by atoms with E-state index in [2.05, 4.69) is 109 Å². The first kappa shape index (κ1) is 21.3. The molecule has 1 aliphatic heterocycles. The van der Waals surface area contributed by atoms with E-state index in [0.29, 0.717) is 0 Å². The summed E-state index contributed by atoms with van der Waals surface area (Å²) in [6, 6.07) is 42.3. The van der Waals surface area contributed by atoms with Crippen molar-refractivity contribution in [1.29, 1.82) is 0 Å². The van der Waals surface area contributed by atoms with Gasteiger partial charge in [0.15, 0.2) is 0 Å². The molecule has 0 saturated carbocycles. The Morgan fingerprint density at radius 1 is 0.394 bits per heavy atom. The Morgan fingerprint density at radius 3 is 0.939 bits per heavy atom. The molecule has 0 saturated heterocycles. The summed E-state index contributed by atoms with van der Waals surface area (Å²) in [5.41, 5.74) is 6.95. The molecule has 162 valence electrons. The van der Waals surface area contributed by atoms with Crippen LogP contribution in [0, 0.1) is 0 Å². The second-order valence-corrected chi connectivity index (χ2v) is 11.0. The third-order valence-electron chi connectivity index (χ3n) is 6.23. The van der Waals surface area contributed by atoms with Crippen LogP contribution in [0.2, 0.25) is 0 Å². The molecule has 0 aliphatic carbocycles. The normalized spacial score (nSPS) is 15.2. The third-order valence-corrected chi connectivity index (χ3v) is 9.78. The average Bonchev–Trinajstić information content (AvgIpc) is 3.22. The van der Waals surface area contributed by atoms with Gasteiger partial charge in [0.2, 0.25) is 0 Å². The number of allylic oxidation sites excluding steroid dienone is 2. The lowest BCUT2D eigenvalue weighted by Crippen LogP contribution is -2.42. The SMILES string of the molecule is CO[Si]1(OC)C(c2ccccc2)=C(c2ccccc2)C(c2ccccc2)=C1c1ccccc1. The number of benzene rings is 4. The van der Waals surface area contributed by atoms with Crippen LogP contribution in [-0.2, 0) is 8.85 Å². The van der Waals surface area contributed by atoms with Crippen molar-refractivity contribution in [1.82, 2.24) is 0 Å². The maximum Gasteiger partial charge on any atom is 0.409 e. The summed E-state index contributed by atoms with van der Waals surface area (Å²) in [7, 11) is 0.526. The van der Waals surface area contributed by atoms with Gasteiger partial charge in [-0.15, -0.1) is 0 Å². The van der Waals surface area contributed by atoms with Crippen molar-refractivity contribution in [3.8, 4) is 0 Å².